The summed E-state index contributed by atoms with van der Waals surface area (Å²) in [6.07, 6.45) is 5.28. The molecule has 0 saturated carbocycles. The fourth-order valence-corrected chi connectivity index (χ4v) is 2.59. The van der Waals surface area contributed by atoms with Gasteiger partial charge in [0.25, 0.3) is 0 Å². The minimum absolute atomic E-state index is 0.0640. The predicted octanol–water partition coefficient (Wildman–Crippen LogP) is 4.08. The van der Waals surface area contributed by atoms with Crippen molar-refractivity contribution in [1.29, 1.82) is 5.26 Å². The highest BCUT2D eigenvalue weighted by Gasteiger charge is 2.13. The summed E-state index contributed by atoms with van der Waals surface area (Å²) < 4.78 is 1.98. The van der Waals surface area contributed by atoms with Crippen molar-refractivity contribution in [2.24, 2.45) is 0 Å². The van der Waals surface area contributed by atoms with Crippen molar-refractivity contribution in [2.45, 2.75) is 13.0 Å². The van der Waals surface area contributed by atoms with Gasteiger partial charge in [-0.2, -0.15) is 5.26 Å². The molecule has 0 amide bonds. The van der Waals surface area contributed by atoms with Crippen LogP contribution in [0.1, 0.15) is 24.1 Å². The van der Waals surface area contributed by atoms with Crippen molar-refractivity contribution in [2.75, 3.05) is 0 Å². The van der Waals surface area contributed by atoms with E-state index in [0.717, 1.165) is 16.3 Å². The van der Waals surface area contributed by atoms with E-state index >= 15 is 0 Å². The molecule has 0 aliphatic heterocycles. The number of benzene rings is 1. The maximum Gasteiger partial charge on any atom is 0.107 e. The molecule has 0 fully saturated rings. The largest absolute Gasteiger partial charge is 0.329 e. The molecule has 0 bridgehead atoms. The number of nitrogens with zero attached hydrogens (tertiary/aromatic N) is 4. The zero-order valence-electron chi connectivity index (χ0n) is 11.9. The zero-order valence-corrected chi connectivity index (χ0v) is 12.7. The Labute approximate surface area is 133 Å². The SMILES string of the molecule is CC(c1ccccc1Cl)n1cnc(-c2cc(C#N)ccn2)c1. The summed E-state index contributed by atoms with van der Waals surface area (Å²) in [5, 5.41) is 9.69. The first-order chi connectivity index (χ1) is 10.7. The Kier molecular flexibility index (Phi) is 3.90. The van der Waals surface area contributed by atoms with Gasteiger partial charge in [-0.1, -0.05) is 29.8 Å². The van der Waals surface area contributed by atoms with Crippen LogP contribution in [0.2, 0.25) is 5.02 Å². The van der Waals surface area contributed by atoms with E-state index in [9.17, 15) is 0 Å². The van der Waals surface area contributed by atoms with E-state index in [-0.39, 0.29) is 6.04 Å². The van der Waals surface area contributed by atoms with Crippen molar-refractivity contribution in [1.82, 2.24) is 14.5 Å². The van der Waals surface area contributed by atoms with Gasteiger partial charge in [-0.25, -0.2) is 4.98 Å². The van der Waals surface area contributed by atoms with E-state index in [1.54, 1.807) is 24.7 Å². The van der Waals surface area contributed by atoms with Crippen LogP contribution in [-0.2, 0) is 0 Å². The molecule has 2 aromatic heterocycles. The van der Waals surface area contributed by atoms with E-state index < -0.39 is 0 Å². The van der Waals surface area contributed by atoms with E-state index in [4.69, 9.17) is 16.9 Å². The summed E-state index contributed by atoms with van der Waals surface area (Å²) in [5.74, 6) is 0. The normalized spacial score (nSPS) is 11.9. The summed E-state index contributed by atoms with van der Waals surface area (Å²) in [5.41, 5.74) is 3.02. The average Bonchev–Trinajstić information content (AvgIpc) is 3.05. The minimum atomic E-state index is 0.0640. The maximum atomic E-state index is 8.96. The van der Waals surface area contributed by atoms with Crippen LogP contribution in [0.4, 0.5) is 0 Å². The molecular weight excluding hydrogens is 296 g/mol. The highest BCUT2D eigenvalue weighted by molar-refractivity contribution is 6.31. The Bertz CT molecular complexity index is 848. The van der Waals surface area contributed by atoms with Gasteiger partial charge in [-0.3, -0.25) is 4.98 Å². The fraction of sp³-hybridized carbons (Fsp3) is 0.118. The lowest BCUT2D eigenvalue weighted by atomic mass is 10.1. The second kappa shape index (κ2) is 6.00. The van der Waals surface area contributed by atoms with Crippen LogP contribution < -0.4 is 0 Å². The number of rotatable bonds is 3. The van der Waals surface area contributed by atoms with Crippen LogP contribution in [0.25, 0.3) is 11.4 Å². The fourth-order valence-electron chi connectivity index (χ4n) is 2.30. The van der Waals surface area contributed by atoms with Crippen LogP contribution in [0.5, 0.6) is 0 Å². The first-order valence-electron chi connectivity index (χ1n) is 6.83. The molecule has 0 saturated heterocycles. The van der Waals surface area contributed by atoms with Crippen molar-refractivity contribution in [3.63, 3.8) is 0 Å². The molecule has 0 N–H and O–H groups in total. The molecule has 4 nitrogen and oxygen atoms in total. The molecule has 0 spiro atoms. The first kappa shape index (κ1) is 14.3. The van der Waals surface area contributed by atoms with Gasteiger partial charge >= 0.3 is 0 Å². The van der Waals surface area contributed by atoms with Crippen LogP contribution in [0.3, 0.4) is 0 Å². The standard InChI is InChI=1S/C17H13ClN4/c1-12(14-4-2-3-5-15(14)18)22-10-17(21-11-22)16-8-13(9-19)6-7-20-16/h2-8,10-12H,1H3. The van der Waals surface area contributed by atoms with Gasteiger partial charge in [0.2, 0.25) is 0 Å². The molecule has 5 heteroatoms. The molecule has 0 radical (unpaired) electrons. The quantitative estimate of drug-likeness (QED) is 0.732. The highest BCUT2D eigenvalue weighted by atomic mass is 35.5. The zero-order chi connectivity index (χ0) is 15.5. The van der Waals surface area contributed by atoms with Gasteiger partial charge in [0.05, 0.1) is 29.7 Å². The van der Waals surface area contributed by atoms with Gasteiger partial charge in [-0.15, -0.1) is 0 Å². The number of hydrogen-bond donors (Lipinski definition) is 0. The summed E-state index contributed by atoms with van der Waals surface area (Å²) >= 11 is 6.25. The third kappa shape index (κ3) is 2.72. The topological polar surface area (TPSA) is 54.5 Å². The van der Waals surface area contributed by atoms with Crippen molar-refractivity contribution in [3.05, 3.63) is 71.3 Å². The first-order valence-corrected chi connectivity index (χ1v) is 7.21. The summed E-state index contributed by atoms with van der Waals surface area (Å²) in [6, 6.07) is 13.3. The second-order valence-electron chi connectivity index (χ2n) is 4.95. The molecule has 22 heavy (non-hydrogen) atoms. The molecular formula is C17H13ClN4. The lowest BCUT2D eigenvalue weighted by Crippen LogP contribution is -2.04. The van der Waals surface area contributed by atoms with E-state index in [1.165, 1.54) is 0 Å². The van der Waals surface area contributed by atoms with Gasteiger partial charge in [0.15, 0.2) is 0 Å². The molecule has 108 valence electrons. The number of halogens is 1. The van der Waals surface area contributed by atoms with Crippen LogP contribution >= 0.6 is 11.6 Å². The van der Waals surface area contributed by atoms with Gasteiger partial charge in [-0.05, 0) is 30.7 Å². The van der Waals surface area contributed by atoms with Gasteiger partial charge in [0, 0.05) is 17.4 Å². The number of hydrogen-bond acceptors (Lipinski definition) is 3. The van der Waals surface area contributed by atoms with Crippen molar-refractivity contribution in [3.8, 4) is 17.5 Å². The molecule has 3 rings (SSSR count). The van der Waals surface area contributed by atoms with E-state index in [0.29, 0.717) is 11.3 Å². The number of pyridine rings is 1. The number of nitriles is 1. The molecule has 0 aliphatic rings. The van der Waals surface area contributed by atoms with E-state index in [2.05, 4.69) is 23.0 Å². The molecule has 1 aromatic carbocycles. The van der Waals surface area contributed by atoms with Gasteiger partial charge < -0.3 is 4.57 Å². The molecule has 2 heterocycles. The highest BCUT2D eigenvalue weighted by Crippen LogP contribution is 2.26. The summed E-state index contributed by atoms with van der Waals surface area (Å²) in [7, 11) is 0. The number of imidazole rings is 1. The Balaban J connectivity index is 1.94. The molecule has 1 atom stereocenters. The molecule has 3 aromatic rings. The van der Waals surface area contributed by atoms with Crippen LogP contribution in [-0.4, -0.2) is 14.5 Å². The van der Waals surface area contributed by atoms with E-state index in [1.807, 2.05) is 35.0 Å². The number of aromatic nitrogens is 3. The van der Waals surface area contributed by atoms with Crippen molar-refractivity contribution < 1.29 is 0 Å². The predicted molar refractivity (Wildman–Crippen MR) is 85.4 cm³/mol. The van der Waals surface area contributed by atoms with Crippen LogP contribution in [0.15, 0.2) is 55.1 Å². The minimum Gasteiger partial charge on any atom is -0.329 e. The summed E-state index contributed by atoms with van der Waals surface area (Å²) in [4.78, 5) is 8.65. The Morgan fingerprint density at radius 3 is 2.77 bits per heavy atom. The lowest BCUT2D eigenvalue weighted by Gasteiger charge is -2.14. The Hall–Kier alpha value is -2.64. The second-order valence-corrected chi connectivity index (χ2v) is 5.35. The Morgan fingerprint density at radius 1 is 1.18 bits per heavy atom. The Morgan fingerprint density at radius 2 is 2.00 bits per heavy atom. The molecule has 0 aliphatic carbocycles. The maximum absolute atomic E-state index is 8.96. The van der Waals surface area contributed by atoms with Gasteiger partial charge in [0.1, 0.15) is 5.69 Å². The van der Waals surface area contributed by atoms with Crippen molar-refractivity contribution >= 4 is 11.6 Å². The summed E-state index contributed by atoms with van der Waals surface area (Å²) in [6.45, 7) is 2.06. The third-order valence-corrected chi connectivity index (χ3v) is 3.90. The lowest BCUT2D eigenvalue weighted by molar-refractivity contribution is 0.639. The van der Waals surface area contributed by atoms with Crippen LogP contribution in [0, 0.1) is 11.3 Å². The third-order valence-electron chi connectivity index (χ3n) is 3.56. The monoisotopic (exact) mass is 308 g/mol. The average molecular weight is 309 g/mol. The smallest absolute Gasteiger partial charge is 0.107 e. The molecule has 1 unspecified atom stereocenters.